The second-order valence-corrected chi connectivity index (χ2v) is 6.11. The van der Waals surface area contributed by atoms with Crippen molar-refractivity contribution < 1.29 is 13.2 Å². The molecule has 0 atom stereocenters. The van der Waals surface area contributed by atoms with Crippen LogP contribution in [0.5, 0.6) is 0 Å². The minimum atomic E-state index is -4.45. The molecule has 1 N–H and O–H groups in total. The molecular weight excluding hydrogens is 355 g/mol. The number of hydrogen-bond donors (Lipinski definition) is 1. The number of pyridine rings is 1. The summed E-state index contributed by atoms with van der Waals surface area (Å²) < 4.78 is 39.1. The highest BCUT2D eigenvalue weighted by Gasteiger charge is 2.30. The predicted molar refractivity (Wildman–Crippen MR) is 100.0 cm³/mol. The molecule has 7 heteroatoms. The zero-order chi connectivity index (χ0) is 19.0. The number of aliphatic imine (C=N–C) groups is 1. The van der Waals surface area contributed by atoms with Gasteiger partial charge in [-0.05, 0) is 29.8 Å². The average Bonchev–Trinajstić information content (AvgIpc) is 2.68. The van der Waals surface area contributed by atoms with Gasteiger partial charge in [-0.1, -0.05) is 18.2 Å². The molecule has 4 rings (SSSR count). The third-order valence-corrected chi connectivity index (χ3v) is 4.37. The van der Waals surface area contributed by atoms with Gasteiger partial charge < -0.3 is 9.88 Å². The highest BCUT2D eigenvalue weighted by atomic mass is 19.4. The van der Waals surface area contributed by atoms with Crippen molar-refractivity contribution in [3.8, 4) is 11.3 Å². The van der Waals surface area contributed by atoms with Crippen LogP contribution in [0, 0.1) is 0 Å². The maximum absolute atomic E-state index is 13.0. The summed E-state index contributed by atoms with van der Waals surface area (Å²) in [6, 6.07) is 11.6. The minimum absolute atomic E-state index is 0.257. The zero-order valence-electron chi connectivity index (χ0n) is 14.0. The number of hydrogen-bond acceptors (Lipinski definition) is 3. The lowest BCUT2D eigenvalue weighted by Gasteiger charge is -2.22. The monoisotopic (exact) mass is 369 g/mol. The Bertz CT molecular complexity index is 1130. The second kappa shape index (κ2) is 6.42. The third-order valence-electron chi connectivity index (χ3n) is 4.37. The van der Waals surface area contributed by atoms with Crippen molar-refractivity contribution in [2.45, 2.75) is 6.18 Å². The van der Waals surface area contributed by atoms with Crippen LogP contribution in [0.1, 0.15) is 5.56 Å². The van der Waals surface area contributed by atoms with Gasteiger partial charge in [0.25, 0.3) is 0 Å². The molecule has 0 radical (unpaired) electrons. The van der Waals surface area contributed by atoms with E-state index in [1.807, 2.05) is 11.0 Å². The summed E-state index contributed by atoms with van der Waals surface area (Å²) in [5.74, 6) is 0. The normalized spacial score (nSPS) is 14.1. The van der Waals surface area contributed by atoms with Gasteiger partial charge in [0, 0.05) is 35.8 Å². The van der Waals surface area contributed by atoms with Gasteiger partial charge in [-0.3, -0.25) is 9.79 Å². The molecule has 3 aromatic rings. The van der Waals surface area contributed by atoms with Crippen molar-refractivity contribution in [1.82, 2.24) is 4.98 Å². The van der Waals surface area contributed by atoms with E-state index in [-0.39, 0.29) is 5.43 Å². The van der Waals surface area contributed by atoms with Crippen LogP contribution in [-0.2, 0) is 6.18 Å². The first-order valence-electron chi connectivity index (χ1n) is 8.22. The first-order chi connectivity index (χ1) is 12.9. The van der Waals surface area contributed by atoms with Crippen LogP contribution in [0.2, 0.25) is 0 Å². The molecule has 0 aliphatic carbocycles. The molecule has 0 unspecified atom stereocenters. The van der Waals surface area contributed by atoms with Gasteiger partial charge in [-0.15, -0.1) is 0 Å². The SMILES string of the molecule is O=c1cc(-c2cccc(C(F)(F)F)c2)[nH]c2c(N3C=CN=CC3)cccc12. The topological polar surface area (TPSA) is 48.5 Å². The summed E-state index contributed by atoms with van der Waals surface area (Å²) in [6.45, 7) is 0.533. The third kappa shape index (κ3) is 3.23. The van der Waals surface area contributed by atoms with Crippen molar-refractivity contribution in [3.05, 3.63) is 76.7 Å². The number of anilines is 1. The summed E-state index contributed by atoms with van der Waals surface area (Å²) in [5.41, 5.74) is 0.936. The molecule has 0 amide bonds. The van der Waals surface area contributed by atoms with Gasteiger partial charge in [0.2, 0.25) is 0 Å². The number of H-pyrrole nitrogens is 1. The molecule has 1 aliphatic rings. The number of rotatable bonds is 2. The number of para-hydroxylation sites is 1. The largest absolute Gasteiger partial charge is 0.416 e. The molecule has 27 heavy (non-hydrogen) atoms. The number of nitrogens with zero attached hydrogens (tertiary/aromatic N) is 2. The van der Waals surface area contributed by atoms with Crippen LogP contribution in [0.3, 0.4) is 0 Å². The van der Waals surface area contributed by atoms with Crippen LogP contribution in [0.25, 0.3) is 22.2 Å². The smallest absolute Gasteiger partial charge is 0.353 e. The number of aromatic amines is 1. The van der Waals surface area contributed by atoms with Crippen LogP contribution >= 0.6 is 0 Å². The van der Waals surface area contributed by atoms with E-state index >= 15 is 0 Å². The van der Waals surface area contributed by atoms with Crippen LogP contribution in [-0.4, -0.2) is 17.7 Å². The molecule has 2 heterocycles. The van der Waals surface area contributed by atoms with Crippen molar-refractivity contribution in [3.63, 3.8) is 0 Å². The van der Waals surface area contributed by atoms with E-state index in [2.05, 4.69) is 9.98 Å². The Labute approximate surface area is 152 Å². The van der Waals surface area contributed by atoms with Crippen LogP contribution in [0.15, 0.2) is 70.7 Å². The van der Waals surface area contributed by atoms with E-state index in [4.69, 9.17) is 0 Å². The number of benzene rings is 2. The summed E-state index contributed by atoms with van der Waals surface area (Å²) in [6.07, 6.45) is 0.699. The van der Waals surface area contributed by atoms with Crippen molar-refractivity contribution >= 4 is 22.8 Å². The lowest BCUT2D eigenvalue weighted by Crippen LogP contribution is -2.21. The van der Waals surface area contributed by atoms with E-state index in [0.29, 0.717) is 28.7 Å². The van der Waals surface area contributed by atoms with E-state index in [1.54, 1.807) is 36.8 Å². The molecule has 2 aromatic carbocycles. The molecule has 1 aromatic heterocycles. The van der Waals surface area contributed by atoms with Gasteiger partial charge >= 0.3 is 6.18 Å². The van der Waals surface area contributed by atoms with E-state index in [1.165, 1.54) is 12.1 Å². The summed E-state index contributed by atoms with van der Waals surface area (Å²) in [7, 11) is 0. The lowest BCUT2D eigenvalue weighted by atomic mass is 10.1. The first-order valence-corrected chi connectivity index (χ1v) is 8.22. The Morgan fingerprint density at radius 2 is 1.89 bits per heavy atom. The van der Waals surface area contributed by atoms with E-state index in [0.717, 1.165) is 17.8 Å². The summed E-state index contributed by atoms with van der Waals surface area (Å²) in [5, 5.41) is 0.471. The standard InChI is InChI=1S/C20H14F3N3O/c21-20(22,23)14-4-1-3-13(11-14)16-12-18(27)15-5-2-6-17(19(15)25-16)26-9-7-24-8-10-26/h1-9,11-12H,10H2,(H,25,27). The van der Waals surface area contributed by atoms with Gasteiger partial charge in [0.1, 0.15) is 0 Å². The number of aromatic nitrogens is 1. The number of halogens is 3. The fourth-order valence-corrected chi connectivity index (χ4v) is 3.07. The highest BCUT2D eigenvalue weighted by molar-refractivity contribution is 5.93. The Hall–Kier alpha value is -3.35. The Kier molecular flexibility index (Phi) is 4.07. The second-order valence-electron chi connectivity index (χ2n) is 6.11. The zero-order valence-corrected chi connectivity index (χ0v) is 14.0. The van der Waals surface area contributed by atoms with E-state index in [9.17, 15) is 18.0 Å². The number of alkyl halides is 3. The molecule has 0 fully saturated rings. The fourth-order valence-electron chi connectivity index (χ4n) is 3.07. The Morgan fingerprint density at radius 3 is 2.63 bits per heavy atom. The van der Waals surface area contributed by atoms with Crippen molar-refractivity contribution in [2.75, 3.05) is 11.4 Å². The molecule has 1 aliphatic heterocycles. The number of fused-ring (bicyclic) bond motifs is 1. The maximum Gasteiger partial charge on any atom is 0.416 e. The minimum Gasteiger partial charge on any atom is -0.353 e. The molecule has 0 spiro atoms. The summed E-state index contributed by atoms with van der Waals surface area (Å²) in [4.78, 5) is 21.7. The average molecular weight is 369 g/mol. The lowest BCUT2D eigenvalue weighted by molar-refractivity contribution is -0.137. The van der Waals surface area contributed by atoms with Crippen molar-refractivity contribution in [2.24, 2.45) is 4.99 Å². The predicted octanol–water partition coefficient (Wildman–Crippen LogP) is 4.58. The molecule has 4 nitrogen and oxygen atoms in total. The van der Waals surface area contributed by atoms with Crippen LogP contribution < -0.4 is 10.3 Å². The Morgan fingerprint density at radius 1 is 1.07 bits per heavy atom. The van der Waals surface area contributed by atoms with Gasteiger partial charge in [-0.2, -0.15) is 13.2 Å². The molecular formula is C20H14F3N3O. The molecule has 136 valence electrons. The summed E-state index contributed by atoms with van der Waals surface area (Å²) >= 11 is 0. The Balaban J connectivity index is 1.90. The van der Waals surface area contributed by atoms with Crippen LogP contribution in [0.4, 0.5) is 18.9 Å². The van der Waals surface area contributed by atoms with E-state index < -0.39 is 11.7 Å². The fraction of sp³-hybridized carbons (Fsp3) is 0.100. The number of nitrogens with one attached hydrogen (secondary N) is 1. The molecule has 0 saturated heterocycles. The van der Waals surface area contributed by atoms with Gasteiger partial charge in [-0.25, -0.2) is 0 Å². The first kappa shape index (κ1) is 17.1. The van der Waals surface area contributed by atoms with Crippen molar-refractivity contribution in [1.29, 1.82) is 0 Å². The molecule has 0 bridgehead atoms. The van der Waals surface area contributed by atoms with Gasteiger partial charge in [0.05, 0.1) is 23.3 Å². The quantitative estimate of drug-likeness (QED) is 0.719. The highest BCUT2D eigenvalue weighted by Crippen LogP contribution is 2.32. The molecule has 0 saturated carbocycles. The maximum atomic E-state index is 13.0. The van der Waals surface area contributed by atoms with Gasteiger partial charge in [0.15, 0.2) is 5.43 Å².